The number of carboxylic acids is 1. The van der Waals surface area contributed by atoms with Gasteiger partial charge in [0.15, 0.2) is 0 Å². The molecule has 0 bridgehead atoms. The van der Waals surface area contributed by atoms with Gasteiger partial charge in [0.2, 0.25) is 0 Å². The minimum absolute atomic E-state index is 0.178. The molecule has 1 rings (SSSR count). The average Bonchev–Trinajstić information content (AvgIpc) is 2.46. The Kier molecular flexibility index (Phi) is 2.72. The Hall–Kier alpha value is -1.30. The summed E-state index contributed by atoms with van der Waals surface area (Å²) in [5.41, 5.74) is 0. The van der Waals surface area contributed by atoms with E-state index in [4.69, 9.17) is 15.3 Å². The van der Waals surface area contributed by atoms with E-state index in [0.29, 0.717) is 0 Å². The molecule has 74 valence electrons. The highest BCUT2D eigenvalue weighted by atomic mass is 16.4. The van der Waals surface area contributed by atoms with Crippen LogP contribution in [0.5, 0.6) is 0 Å². The lowest BCUT2D eigenvalue weighted by molar-refractivity contribution is -0.142. The zero-order chi connectivity index (χ0) is 10.0. The lowest BCUT2D eigenvalue weighted by Crippen LogP contribution is -2.41. The van der Waals surface area contributed by atoms with E-state index in [1.54, 1.807) is 0 Å². The highest BCUT2D eigenvalue weighted by molar-refractivity contribution is 5.74. The summed E-state index contributed by atoms with van der Waals surface area (Å²) in [6, 6.07) is -0.796. The second-order valence-corrected chi connectivity index (χ2v) is 2.96. The van der Waals surface area contributed by atoms with Crippen LogP contribution in [0.1, 0.15) is 6.42 Å². The number of aliphatic hydroxyl groups is 1. The SMILES string of the molecule is O=C(O)C1CCN(C(=O)O)C1CO. The number of carbonyl (C=O) groups is 2. The molecule has 0 aromatic heterocycles. The first kappa shape index (κ1) is 9.79. The number of aliphatic hydroxyl groups excluding tert-OH is 1. The minimum Gasteiger partial charge on any atom is -0.481 e. The zero-order valence-electron chi connectivity index (χ0n) is 6.88. The molecule has 1 saturated heterocycles. The van der Waals surface area contributed by atoms with E-state index < -0.39 is 30.6 Å². The van der Waals surface area contributed by atoms with E-state index in [1.165, 1.54) is 0 Å². The van der Waals surface area contributed by atoms with E-state index >= 15 is 0 Å². The maximum absolute atomic E-state index is 10.6. The number of nitrogens with zero attached hydrogens (tertiary/aromatic N) is 1. The van der Waals surface area contributed by atoms with Crippen LogP contribution in [0, 0.1) is 5.92 Å². The number of likely N-dealkylation sites (tertiary alicyclic amines) is 1. The fourth-order valence-electron chi connectivity index (χ4n) is 1.60. The Bertz CT molecular complexity index is 207. The lowest BCUT2D eigenvalue weighted by atomic mass is 10.0. The number of carboxylic acid groups (broad SMARTS) is 2. The number of hydrogen-bond donors (Lipinski definition) is 3. The summed E-state index contributed by atoms with van der Waals surface area (Å²) < 4.78 is 0. The van der Waals surface area contributed by atoms with Gasteiger partial charge in [0.05, 0.1) is 18.6 Å². The maximum atomic E-state index is 10.6. The van der Waals surface area contributed by atoms with Gasteiger partial charge in [-0.1, -0.05) is 0 Å². The summed E-state index contributed by atoms with van der Waals surface area (Å²) in [6.07, 6.45) is -0.907. The van der Waals surface area contributed by atoms with E-state index in [9.17, 15) is 9.59 Å². The number of rotatable bonds is 2. The molecule has 0 aromatic carbocycles. The van der Waals surface area contributed by atoms with Crippen LogP contribution in [0.2, 0.25) is 0 Å². The molecule has 0 radical (unpaired) electrons. The molecule has 0 aromatic rings. The third kappa shape index (κ3) is 1.72. The summed E-state index contributed by atoms with van der Waals surface area (Å²) in [5.74, 6) is -1.83. The summed E-state index contributed by atoms with van der Waals surface area (Å²) in [4.78, 5) is 22.1. The van der Waals surface area contributed by atoms with Crippen molar-refractivity contribution in [1.29, 1.82) is 0 Å². The van der Waals surface area contributed by atoms with E-state index in [0.717, 1.165) is 4.90 Å². The highest BCUT2D eigenvalue weighted by Crippen LogP contribution is 2.24. The third-order valence-corrected chi connectivity index (χ3v) is 2.30. The van der Waals surface area contributed by atoms with Gasteiger partial charge in [-0.2, -0.15) is 0 Å². The molecule has 0 aliphatic carbocycles. The topological polar surface area (TPSA) is 98.1 Å². The second-order valence-electron chi connectivity index (χ2n) is 2.96. The van der Waals surface area contributed by atoms with Gasteiger partial charge in [0.25, 0.3) is 0 Å². The van der Waals surface area contributed by atoms with Gasteiger partial charge in [-0.05, 0) is 6.42 Å². The molecular formula is C7H11NO5. The van der Waals surface area contributed by atoms with Crippen LogP contribution in [0.3, 0.4) is 0 Å². The van der Waals surface area contributed by atoms with Gasteiger partial charge in [-0.3, -0.25) is 4.79 Å². The van der Waals surface area contributed by atoms with Crippen LogP contribution < -0.4 is 0 Å². The summed E-state index contributed by atoms with van der Waals surface area (Å²) in [6.45, 7) is -0.263. The van der Waals surface area contributed by atoms with Crippen LogP contribution in [0.4, 0.5) is 4.79 Å². The minimum atomic E-state index is -1.18. The van der Waals surface area contributed by atoms with E-state index in [1.807, 2.05) is 0 Å². The Labute approximate surface area is 74.4 Å². The second kappa shape index (κ2) is 3.61. The van der Waals surface area contributed by atoms with Gasteiger partial charge in [-0.25, -0.2) is 4.79 Å². The van der Waals surface area contributed by atoms with Crippen molar-refractivity contribution >= 4 is 12.1 Å². The van der Waals surface area contributed by atoms with Crippen molar-refractivity contribution in [2.75, 3.05) is 13.2 Å². The summed E-state index contributed by atoms with van der Waals surface area (Å²) in [5, 5.41) is 26.2. The van der Waals surface area contributed by atoms with Crippen LogP contribution >= 0.6 is 0 Å². The predicted octanol–water partition coefficient (Wildman–Crippen LogP) is -0.568. The molecule has 1 amide bonds. The molecule has 1 fully saturated rings. The summed E-state index contributed by atoms with van der Waals surface area (Å²) >= 11 is 0. The third-order valence-electron chi connectivity index (χ3n) is 2.30. The summed E-state index contributed by atoms with van der Waals surface area (Å²) in [7, 11) is 0. The van der Waals surface area contributed by atoms with Gasteiger partial charge in [0.1, 0.15) is 0 Å². The van der Waals surface area contributed by atoms with Gasteiger partial charge < -0.3 is 20.2 Å². The lowest BCUT2D eigenvalue weighted by Gasteiger charge is -2.21. The molecular weight excluding hydrogens is 178 g/mol. The number of hydrogen-bond acceptors (Lipinski definition) is 3. The first-order valence-electron chi connectivity index (χ1n) is 3.91. The molecule has 3 N–H and O–H groups in total. The Morgan fingerprint density at radius 2 is 2.00 bits per heavy atom. The fourth-order valence-corrected chi connectivity index (χ4v) is 1.60. The molecule has 6 nitrogen and oxygen atoms in total. The normalized spacial score (nSPS) is 27.6. The standard InChI is InChI=1S/C7H11NO5/c9-3-5-4(6(10)11)1-2-8(5)7(12)13/h4-5,9H,1-3H2,(H,10,11)(H,12,13). The fraction of sp³-hybridized carbons (Fsp3) is 0.714. The molecule has 1 aliphatic rings. The quantitative estimate of drug-likeness (QED) is 0.540. The number of amides is 1. The van der Waals surface area contributed by atoms with E-state index in [-0.39, 0.29) is 13.0 Å². The van der Waals surface area contributed by atoms with Gasteiger partial charge in [-0.15, -0.1) is 0 Å². The molecule has 13 heavy (non-hydrogen) atoms. The van der Waals surface area contributed by atoms with Crippen molar-refractivity contribution < 1.29 is 24.9 Å². The molecule has 0 saturated carbocycles. The molecule has 1 aliphatic heterocycles. The van der Waals surface area contributed by atoms with E-state index in [2.05, 4.69) is 0 Å². The van der Waals surface area contributed by atoms with Gasteiger partial charge >= 0.3 is 12.1 Å². The Balaban J connectivity index is 2.74. The largest absolute Gasteiger partial charge is 0.481 e. The van der Waals surface area contributed by atoms with Crippen LogP contribution in [-0.4, -0.2) is 51.5 Å². The van der Waals surface area contributed by atoms with Crippen molar-refractivity contribution in [3.8, 4) is 0 Å². The predicted molar refractivity (Wildman–Crippen MR) is 41.3 cm³/mol. The van der Waals surface area contributed by atoms with Crippen molar-refractivity contribution in [1.82, 2.24) is 4.90 Å². The Morgan fingerprint density at radius 1 is 1.38 bits per heavy atom. The molecule has 6 heteroatoms. The van der Waals surface area contributed by atoms with Crippen LogP contribution in [0.25, 0.3) is 0 Å². The molecule has 2 atom stereocenters. The first-order chi connectivity index (χ1) is 6.07. The van der Waals surface area contributed by atoms with Gasteiger partial charge in [0, 0.05) is 6.54 Å². The maximum Gasteiger partial charge on any atom is 0.407 e. The molecule has 1 heterocycles. The van der Waals surface area contributed by atoms with Crippen molar-refractivity contribution in [3.05, 3.63) is 0 Å². The zero-order valence-corrected chi connectivity index (χ0v) is 6.88. The van der Waals surface area contributed by atoms with Crippen molar-refractivity contribution in [2.24, 2.45) is 5.92 Å². The monoisotopic (exact) mass is 189 g/mol. The number of aliphatic carboxylic acids is 1. The average molecular weight is 189 g/mol. The first-order valence-corrected chi connectivity index (χ1v) is 3.91. The molecule has 2 unspecified atom stereocenters. The van der Waals surface area contributed by atoms with Crippen LogP contribution in [0.15, 0.2) is 0 Å². The van der Waals surface area contributed by atoms with Crippen molar-refractivity contribution in [2.45, 2.75) is 12.5 Å². The smallest absolute Gasteiger partial charge is 0.407 e. The highest BCUT2D eigenvalue weighted by Gasteiger charge is 2.40. The van der Waals surface area contributed by atoms with Crippen molar-refractivity contribution in [3.63, 3.8) is 0 Å². The Morgan fingerprint density at radius 3 is 2.38 bits per heavy atom. The van der Waals surface area contributed by atoms with Crippen LogP contribution in [-0.2, 0) is 4.79 Å². The molecule has 0 spiro atoms.